The lowest BCUT2D eigenvalue weighted by atomic mass is 9.95. The van der Waals surface area contributed by atoms with Crippen LogP contribution in [-0.4, -0.2) is 22.6 Å². The molecule has 0 N–H and O–H groups in total. The Morgan fingerprint density at radius 1 is 0.920 bits per heavy atom. The lowest BCUT2D eigenvalue weighted by Crippen LogP contribution is -2.46. The van der Waals surface area contributed by atoms with Crippen LogP contribution in [0.25, 0.3) is 0 Å². The van der Waals surface area contributed by atoms with Crippen molar-refractivity contribution < 1.29 is 35.9 Å². The van der Waals surface area contributed by atoms with Crippen molar-refractivity contribution in [3.8, 4) is 0 Å². The molecule has 0 saturated carbocycles. The molecule has 3 nitrogen and oxygen atoms in total. The Bertz CT molecular complexity index is 642. The summed E-state index contributed by atoms with van der Waals surface area (Å²) in [5.41, 5.74) is -3.90. The molecule has 0 aliphatic carbocycles. The minimum absolute atomic E-state index is 0.0481. The second-order valence-electron chi connectivity index (χ2n) is 6.92. The van der Waals surface area contributed by atoms with Crippen molar-refractivity contribution in [2.75, 3.05) is 0 Å². The van der Waals surface area contributed by atoms with E-state index in [4.69, 9.17) is 4.74 Å². The second-order valence-corrected chi connectivity index (χ2v) is 6.92. The topological polar surface area (TPSA) is 29.5 Å². The van der Waals surface area contributed by atoms with Crippen LogP contribution in [0.5, 0.6) is 0 Å². The normalized spacial score (nSPS) is 22.3. The van der Waals surface area contributed by atoms with E-state index in [-0.39, 0.29) is 11.6 Å². The van der Waals surface area contributed by atoms with E-state index >= 15 is 0 Å². The molecule has 0 unspecified atom stereocenters. The van der Waals surface area contributed by atoms with Gasteiger partial charge < -0.3 is 4.74 Å². The second kappa shape index (κ2) is 5.81. The molecule has 140 valence electrons. The van der Waals surface area contributed by atoms with Crippen molar-refractivity contribution in [2.24, 2.45) is 0 Å². The predicted molar refractivity (Wildman–Crippen MR) is 76.7 cm³/mol. The molecule has 0 aromatic heterocycles. The van der Waals surface area contributed by atoms with Crippen molar-refractivity contribution >= 4 is 6.09 Å². The van der Waals surface area contributed by atoms with Gasteiger partial charge in [0.05, 0.1) is 17.2 Å². The molecule has 1 amide bonds. The molecule has 9 heteroatoms. The maximum atomic E-state index is 13.0. The SMILES string of the molecule is C[C@H]1[C@@H](c2cc(C(F)(F)F)cc(C(F)(F)F)c2)OC(=O)N1C(C)(C)C. The van der Waals surface area contributed by atoms with E-state index in [0.717, 1.165) is 0 Å². The number of benzene rings is 1. The zero-order valence-corrected chi connectivity index (χ0v) is 13.9. The van der Waals surface area contributed by atoms with E-state index in [1.54, 1.807) is 20.8 Å². The van der Waals surface area contributed by atoms with Gasteiger partial charge in [0, 0.05) is 5.54 Å². The molecular weight excluding hydrogens is 352 g/mol. The minimum atomic E-state index is -4.95. The fourth-order valence-electron chi connectivity index (χ4n) is 2.94. The van der Waals surface area contributed by atoms with Crippen molar-refractivity contribution in [3.05, 3.63) is 34.9 Å². The molecule has 2 atom stereocenters. The average Bonchev–Trinajstić information content (AvgIpc) is 2.71. The molecule has 1 aromatic rings. The van der Waals surface area contributed by atoms with Crippen molar-refractivity contribution in [1.82, 2.24) is 4.90 Å². The summed E-state index contributed by atoms with van der Waals surface area (Å²) in [4.78, 5) is 13.3. The Balaban J connectivity index is 2.54. The van der Waals surface area contributed by atoms with E-state index in [0.29, 0.717) is 12.1 Å². The van der Waals surface area contributed by atoms with Crippen LogP contribution in [-0.2, 0) is 17.1 Å². The summed E-state index contributed by atoms with van der Waals surface area (Å²) in [5, 5.41) is 0. The highest BCUT2D eigenvalue weighted by molar-refractivity contribution is 5.72. The van der Waals surface area contributed by atoms with Crippen molar-refractivity contribution in [1.29, 1.82) is 0 Å². The summed E-state index contributed by atoms with van der Waals surface area (Å²) in [6, 6.07) is 0.509. The van der Waals surface area contributed by atoms with Gasteiger partial charge in [-0.3, -0.25) is 4.90 Å². The number of ether oxygens (including phenoxy) is 1. The van der Waals surface area contributed by atoms with Gasteiger partial charge in [-0.05, 0) is 51.5 Å². The molecule has 1 aromatic carbocycles. The van der Waals surface area contributed by atoms with Crippen LogP contribution in [0.1, 0.15) is 50.5 Å². The van der Waals surface area contributed by atoms with Crippen LogP contribution in [0.15, 0.2) is 18.2 Å². The summed E-state index contributed by atoms with van der Waals surface area (Å²) in [7, 11) is 0. The third kappa shape index (κ3) is 3.85. The molecule has 0 radical (unpaired) electrons. The highest BCUT2D eigenvalue weighted by Crippen LogP contribution is 2.42. The summed E-state index contributed by atoms with van der Waals surface area (Å²) in [6.07, 6.45) is -11.9. The van der Waals surface area contributed by atoms with Gasteiger partial charge in [0.2, 0.25) is 0 Å². The van der Waals surface area contributed by atoms with Crippen LogP contribution in [0.4, 0.5) is 31.1 Å². The lowest BCUT2D eigenvalue weighted by molar-refractivity contribution is -0.143. The zero-order valence-electron chi connectivity index (χ0n) is 13.9. The van der Waals surface area contributed by atoms with Gasteiger partial charge in [0.25, 0.3) is 0 Å². The Morgan fingerprint density at radius 3 is 1.68 bits per heavy atom. The standard InChI is InChI=1S/C16H17F6NO2/c1-8-12(25-13(24)23(8)14(2,3)4)9-5-10(15(17,18)19)7-11(6-9)16(20,21)22/h5-8,12H,1-4H3/t8-,12-/m0/s1. The number of hydrogen-bond donors (Lipinski definition) is 0. The Kier molecular flexibility index (Phi) is 4.51. The summed E-state index contributed by atoms with van der Waals surface area (Å²) in [6.45, 7) is 6.61. The average molecular weight is 369 g/mol. The Morgan fingerprint density at radius 2 is 1.36 bits per heavy atom. The molecule has 2 rings (SSSR count). The first-order valence-electron chi connectivity index (χ1n) is 7.41. The summed E-state index contributed by atoms with van der Waals surface area (Å²) in [5.74, 6) is 0. The van der Waals surface area contributed by atoms with Crippen LogP contribution >= 0.6 is 0 Å². The predicted octanol–water partition coefficient (Wildman–Crippen LogP) is 5.40. The smallest absolute Gasteiger partial charge is 0.416 e. The largest absolute Gasteiger partial charge is 0.439 e. The number of hydrogen-bond acceptors (Lipinski definition) is 2. The van der Waals surface area contributed by atoms with Crippen LogP contribution < -0.4 is 0 Å². The maximum Gasteiger partial charge on any atom is 0.416 e. The monoisotopic (exact) mass is 369 g/mol. The maximum absolute atomic E-state index is 13.0. The van der Waals surface area contributed by atoms with Crippen LogP contribution in [0, 0.1) is 0 Å². The van der Waals surface area contributed by atoms with Gasteiger partial charge in [-0.25, -0.2) is 4.79 Å². The number of carbonyl (C=O) groups excluding carboxylic acids is 1. The quantitative estimate of drug-likeness (QED) is 0.620. The molecule has 0 spiro atoms. The molecule has 1 aliphatic rings. The van der Waals surface area contributed by atoms with E-state index in [1.807, 2.05) is 0 Å². The van der Waals surface area contributed by atoms with Gasteiger partial charge in [-0.2, -0.15) is 26.3 Å². The lowest BCUT2D eigenvalue weighted by Gasteiger charge is -2.33. The first-order chi connectivity index (χ1) is 11.1. The van der Waals surface area contributed by atoms with Crippen molar-refractivity contribution in [3.63, 3.8) is 0 Å². The number of alkyl halides is 6. The fourth-order valence-corrected chi connectivity index (χ4v) is 2.94. The molecule has 1 saturated heterocycles. The van der Waals surface area contributed by atoms with E-state index in [2.05, 4.69) is 0 Å². The zero-order chi connectivity index (χ0) is 19.4. The molecule has 25 heavy (non-hydrogen) atoms. The number of cyclic esters (lactones) is 1. The number of amides is 1. The van der Waals surface area contributed by atoms with Crippen LogP contribution in [0.2, 0.25) is 0 Å². The third-order valence-corrected chi connectivity index (χ3v) is 3.93. The highest BCUT2D eigenvalue weighted by Gasteiger charge is 2.46. The number of carbonyl (C=O) groups is 1. The highest BCUT2D eigenvalue weighted by atomic mass is 19.4. The fraction of sp³-hybridized carbons (Fsp3) is 0.562. The van der Waals surface area contributed by atoms with Crippen LogP contribution in [0.3, 0.4) is 0 Å². The van der Waals surface area contributed by atoms with Gasteiger partial charge >= 0.3 is 18.4 Å². The number of rotatable bonds is 1. The summed E-state index contributed by atoms with van der Waals surface area (Å²) < 4.78 is 82.9. The number of nitrogens with zero attached hydrogens (tertiary/aromatic N) is 1. The van der Waals surface area contributed by atoms with Crippen molar-refractivity contribution in [2.45, 2.75) is 57.7 Å². The molecule has 1 aliphatic heterocycles. The molecule has 1 heterocycles. The molecular formula is C16H17F6NO2. The third-order valence-electron chi connectivity index (χ3n) is 3.93. The van der Waals surface area contributed by atoms with E-state index in [1.165, 1.54) is 11.8 Å². The first kappa shape index (κ1) is 19.4. The number of halogens is 6. The Labute approximate surface area is 140 Å². The van der Waals surface area contributed by atoms with Gasteiger partial charge in [-0.15, -0.1) is 0 Å². The molecule has 0 bridgehead atoms. The Hall–Kier alpha value is -1.93. The molecule has 1 fully saturated rings. The minimum Gasteiger partial charge on any atom is -0.439 e. The van der Waals surface area contributed by atoms with Gasteiger partial charge in [-0.1, -0.05) is 0 Å². The first-order valence-corrected chi connectivity index (χ1v) is 7.41. The van der Waals surface area contributed by atoms with Gasteiger partial charge in [0.15, 0.2) is 0 Å². The van der Waals surface area contributed by atoms with Gasteiger partial charge in [0.1, 0.15) is 6.10 Å². The van der Waals surface area contributed by atoms with E-state index < -0.39 is 47.3 Å². The summed E-state index contributed by atoms with van der Waals surface area (Å²) >= 11 is 0. The van der Waals surface area contributed by atoms with E-state index in [9.17, 15) is 31.1 Å².